The third kappa shape index (κ3) is 3.56. The summed E-state index contributed by atoms with van der Waals surface area (Å²) in [7, 11) is 0. The minimum absolute atomic E-state index is 0.938. The smallest absolute Gasteiger partial charge is 0.0555 e. The molecule has 1 aliphatic rings. The van der Waals surface area contributed by atoms with Crippen molar-refractivity contribution in [3.63, 3.8) is 0 Å². The minimum atomic E-state index is 0.938. The van der Waals surface area contributed by atoms with Crippen LogP contribution in [0.2, 0.25) is 0 Å². The summed E-state index contributed by atoms with van der Waals surface area (Å²) < 4.78 is 0. The fourth-order valence-electron chi connectivity index (χ4n) is 4.15. The van der Waals surface area contributed by atoms with E-state index < -0.39 is 0 Å². The number of benzene rings is 4. The molecule has 0 aliphatic carbocycles. The van der Waals surface area contributed by atoms with E-state index in [1.165, 1.54) is 38.4 Å². The number of piperazine rings is 1. The van der Waals surface area contributed by atoms with Crippen LogP contribution in [-0.4, -0.2) is 37.4 Å². The summed E-state index contributed by atoms with van der Waals surface area (Å²) in [6.07, 6.45) is 2.06. The van der Waals surface area contributed by atoms with E-state index in [1.807, 2.05) is 0 Å². The highest BCUT2D eigenvalue weighted by Gasteiger charge is 2.16. The Morgan fingerprint density at radius 2 is 1.31 bits per heavy atom. The maximum atomic E-state index is 4.88. The Hall–Kier alpha value is -3.33. The third-order valence-electron chi connectivity index (χ3n) is 5.82. The molecule has 3 nitrogen and oxygen atoms in total. The summed E-state index contributed by atoms with van der Waals surface area (Å²) in [5.41, 5.74) is 3.82. The molecule has 144 valence electrons. The average Bonchev–Trinajstić information content (AvgIpc) is 2.77. The first-order valence-corrected chi connectivity index (χ1v) is 10.3. The van der Waals surface area contributed by atoms with Crippen LogP contribution in [0, 0.1) is 6.92 Å². The Morgan fingerprint density at radius 3 is 1.93 bits per heavy atom. The molecule has 0 atom stereocenters. The molecule has 4 aromatic carbocycles. The topological polar surface area (TPSA) is 18.8 Å². The van der Waals surface area contributed by atoms with E-state index in [0.29, 0.717) is 0 Å². The molecule has 0 radical (unpaired) electrons. The number of nitrogens with zero attached hydrogens (tertiary/aromatic N) is 3. The van der Waals surface area contributed by atoms with Crippen molar-refractivity contribution in [2.24, 2.45) is 5.10 Å². The lowest BCUT2D eigenvalue weighted by Gasteiger charge is -2.34. The predicted octanol–water partition coefficient (Wildman–Crippen LogP) is 5.46. The van der Waals surface area contributed by atoms with Crippen LogP contribution >= 0.6 is 0 Å². The second kappa shape index (κ2) is 7.59. The van der Waals surface area contributed by atoms with Crippen molar-refractivity contribution in [3.05, 3.63) is 90.0 Å². The van der Waals surface area contributed by atoms with Crippen molar-refractivity contribution >= 4 is 33.4 Å². The van der Waals surface area contributed by atoms with Gasteiger partial charge in [0, 0.05) is 24.3 Å². The SMILES string of the molecule is Cc1ccc(N2CCN(/N=C/c3c4ccccc4cc4ccccc34)CC2)cc1. The molecule has 1 heterocycles. The Bertz CT molecular complexity index is 1120. The minimum Gasteiger partial charge on any atom is -0.368 e. The predicted molar refractivity (Wildman–Crippen MR) is 124 cm³/mol. The van der Waals surface area contributed by atoms with Crippen molar-refractivity contribution < 1.29 is 0 Å². The van der Waals surface area contributed by atoms with Gasteiger partial charge < -0.3 is 4.90 Å². The summed E-state index contributed by atoms with van der Waals surface area (Å²) in [5, 5.41) is 12.1. The molecule has 4 aromatic rings. The van der Waals surface area contributed by atoms with Crippen LogP contribution in [0.15, 0.2) is 84.0 Å². The second-order valence-electron chi connectivity index (χ2n) is 7.75. The maximum absolute atomic E-state index is 4.88. The molecule has 0 unspecified atom stereocenters. The number of hydrogen-bond donors (Lipinski definition) is 0. The number of rotatable bonds is 3. The Balaban J connectivity index is 1.39. The molecule has 3 heteroatoms. The highest BCUT2D eigenvalue weighted by molar-refractivity contribution is 6.13. The van der Waals surface area contributed by atoms with Gasteiger partial charge in [0.1, 0.15) is 0 Å². The molecule has 0 bridgehead atoms. The quantitative estimate of drug-likeness (QED) is 0.348. The number of aryl methyl sites for hydroxylation is 1. The molecule has 1 saturated heterocycles. The lowest BCUT2D eigenvalue weighted by Crippen LogP contribution is -2.44. The molecular weight excluding hydrogens is 354 g/mol. The van der Waals surface area contributed by atoms with Gasteiger partial charge >= 0.3 is 0 Å². The normalized spacial score (nSPS) is 14.9. The summed E-state index contributed by atoms with van der Waals surface area (Å²) in [6, 6.07) is 28.2. The second-order valence-corrected chi connectivity index (χ2v) is 7.75. The van der Waals surface area contributed by atoms with Gasteiger partial charge in [-0.25, -0.2) is 0 Å². The van der Waals surface area contributed by atoms with Gasteiger partial charge in [-0.05, 0) is 46.7 Å². The first kappa shape index (κ1) is 17.7. The lowest BCUT2D eigenvalue weighted by atomic mass is 9.97. The zero-order valence-electron chi connectivity index (χ0n) is 16.8. The highest BCUT2D eigenvalue weighted by atomic mass is 15.5. The van der Waals surface area contributed by atoms with Gasteiger partial charge in [0.2, 0.25) is 0 Å². The van der Waals surface area contributed by atoms with Crippen LogP contribution in [0.1, 0.15) is 11.1 Å². The van der Waals surface area contributed by atoms with Gasteiger partial charge in [-0.15, -0.1) is 0 Å². The summed E-state index contributed by atoms with van der Waals surface area (Å²) >= 11 is 0. The molecule has 0 aromatic heterocycles. The molecular formula is C26H25N3. The molecule has 0 amide bonds. The van der Waals surface area contributed by atoms with E-state index in [4.69, 9.17) is 5.10 Å². The summed E-state index contributed by atoms with van der Waals surface area (Å²) in [5.74, 6) is 0. The monoisotopic (exact) mass is 379 g/mol. The first-order valence-electron chi connectivity index (χ1n) is 10.3. The number of fused-ring (bicyclic) bond motifs is 2. The molecule has 0 saturated carbocycles. The Morgan fingerprint density at radius 1 is 0.724 bits per heavy atom. The average molecular weight is 380 g/mol. The third-order valence-corrected chi connectivity index (χ3v) is 5.82. The van der Waals surface area contributed by atoms with E-state index in [2.05, 4.69) is 102 Å². The molecule has 0 spiro atoms. The van der Waals surface area contributed by atoms with Gasteiger partial charge in [0.25, 0.3) is 0 Å². The van der Waals surface area contributed by atoms with Crippen LogP contribution in [-0.2, 0) is 0 Å². The molecule has 5 rings (SSSR count). The van der Waals surface area contributed by atoms with E-state index in [0.717, 1.165) is 26.2 Å². The lowest BCUT2D eigenvalue weighted by molar-refractivity contribution is 0.272. The number of anilines is 1. The van der Waals surface area contributed by atoms with Gasteiger partial charge in [-0.2, -0.15) is 5.10 Å². The molecule has 29 heavy (non-hydrogen) atoms. The zero-order chi connectivity index (χ0) is 19.6. The van der Waals surface area contributed by atoms with Crippen LogP contribution in [0.4, 0.5) is 5.69 Å². The van der Waals surface area contributed by atoms with Gasteiger partial charge in [0.15, 0.2) is 0 Å². The summed E-state index contributed by atoms with van der Waals surface area (Å²) in [6.45, 7) is 6.00. The zero-order valence-corrected chi connectivity index (χ0v) is 16.8. The number of hydrogen-bond acceptors (Lipinski definition) is 3. The highest BCUT2D eigenvalue weighted by Crippen LogP contribution is 2.27. The van der Waals surface area contributed by atoms with Gasteiger partial charge in [-0.3, -0.25) is 5.01 Å². The van der Waals surface area contributed by atoms with E-state index >= 15 is 0 Å². The standard InChI is InChI=1S/C26H25N3/c1-20-10-12-23(13-11-20)28-14-16-29(17-15-28)27-19-26-24-8-4-2-6-21(24)18-22-7-3-5-9-25(22)26/h2-13,18-19H,14-17H2,1H3/b27-19+. The van der Waals surface area contributed by atoms with Gasteiger partial charge in [0.05, 0.1) is 19.3 Å². The van der Waals surface area contributed by atoms with Crippen molar-refractivity contribution in [3.8, 4) is 0 Å². The fourth-order valence-corrected chi connectivity index (χ4v) is 4.15. The summed E-state index contributed by atoms with van der Waals surface area (Å²) in [4.78, 5) is 2.44. The van der Waals surface area contributed by atoms with E-state index in [9.17, 15) is 0 Å². The van der Waals surface area contributed by atoms with Crippen molar-refractivity contribution in [1.29, 1.82) is 0 Å². The fraction of sp³-hybridized carbons (Fsp3) is 0.192. The van der Waals surface area contributed by atoms with E-state index in [1.54, 1.807) is 0 Å². The van der Waals surface area contributed by atoms with Crippen LogP contribution in [0.5, 0.6) is 0 Å². The Kier molecular flexibility index (Phi) is 4.65. The molecule has 0 N–H and O–H groups in total. The molecule has 1 fully saturated rings. The van der Waals surface area contributed by atoms with Crippen LogP contribution in [0.3, 0.4) is 0 Å². The Labute approximate surface area is 171 Å². The van der Waals surface area contributed by atoms with Crippen molar-refractivity contribution in [2.45, 2.75) is 6.92 Å². The van der Waals surface area contributed by atoms with Crippen LogP contribution < -0.4 is 4.90 Å². The molecule has 1 aliphatic heterocycles. The largest absolute Gasteiger partial charge is 0.368 e. The number of hydrazone groups is 1. The van der Waals surface area contributed by atoms with Gasteiger partial charge in [-0.1, -0.05) is 66.2 Å². The van der Waals surface area contributed by atoms with Crippen molar-refractivity contribution in [1.82, 2.24) is 5.01 Å². The van der Waals surface area contributed by atoms with Crippen molar-refractivity contribution in [2.75, 3.05) is 31.1 Å². The maximum Gasteiger partial charge on any atom is 0.0555 e. The first-order chi connectivity index (χ1) is 14.3. The van der Waals surface area contributed by atoms with E-state index in [-0.39, 0.29) is 0 Å². The van der Waals surface area contributed by atoms with Crippen LogP contribution in [0.25, 0.3) is 21.5 Å².